The minimum absolute atomic E-state index is 0.00421. The zero-order valence-electron chi connectivity index (χ0n) is 9.88. The fourth-order valence-electron chi connectivity index (χ4n) is 1.95. The molecular weight excluding hydrogens is 266 g/mol. The molecule has 1 atom stereocenters. The van der Waals surface area contributed by atoms with Crippen LogP contribution in [0.2, 0.25) is 0 Å². The van der Waals surface area contributed by atoms with Gasteiger partial charge in [-0.15, -0.1) is 11.3 Å². The van der Waals surface area contributed by atoms with Crippen LogP contribution in [0, 0.1) is 0 Å². The highest BCUT2D eigenvalue weighted by Gasteiger charge is 2.27. The summed E-state index contributed by atoms with van der Waals surface area (Å²) in [6, 6.07) is 3.24. The Kier molecular flexibility index (Phi) is 2.56. The summed E-state index contributed by atoms with van der Waals surface area (Å²) in [5.74, 6) is -1.19. The minimum Gasteiger partial charge on any atom is -0.476 e. The zero-order chi connectivity index (χ0) is 13.6. The summed E-state index contributed by atoms with van der Waals surface area (Å²) in [7, 11) is 0. The Balaban J connectivity index is 2.05. The Morgan fingerprint density at radius 3 is 2.89 bits per heavy atom. The molecule has 6 nitrogen and oxygen atoms in total. The summed E-state index contributed by atoms with van der Waals surface area (Å²) < 4.78 is 0. The van der Waals surface area contributed by atoms with Gasteiger partial charge >= 0.3 is 5.97 Å². The lowest BCUT2D eigenvalue weighted by atomic mass is 10.1. The van der Waals surface area contributed by atoms with Crippen molar-refractivity contribution in [3.63, 3.8) is 0 Å². The molecule has 0 saturated carbocycles. The van der Waals surface area contributed by atoms with Crippen LogP contribution in [-0.2, 0) is 0 Å². The van der Waals surface area contributed by atoms with Crippen molar-refractivity contribution < 1.29 is 14.7 Å². The molecule has 1 aliphatic rings. The number of amides is 1. The molecule has 2 aromatic rings. The van der Waals surface area contributed by atoms with E-state index < -0.39 is 5.97 Å². The average Bonchev–Trinajstić information content (AvgIpc) is 2.96. The van der Waals surface area contributed by atoms with Crippen molar-refractivity contribution in [2.75, 3.05) is 0 Å². The van der Waals surface area contributed by atoms with E-state index in [1.807, 2.05) is 6.92 Å². The molecule has 0 aliphatic carbocycles. The maximum atomic E-state index is 11.6. The van der Waals surface area contributed by atoms with Crippen LogP contribution >= 0.6 is 11.3 Å². The lowest BCUT2D eigenvalue weighted by molar-refractivity contribution is 0.0691. The fraction of sp³-hybridized carbons (Fsp3) is 0.167. The third kappa shape index (κ3) is 1.88. The minimum atomic E-state index is -1.06. The average molecular weight is 275 g/mol. The molecule has 0 saturated heterocycles. The molecule has 2 aromatic heterocycles. The van der Waals surface area contributed by atoms with E-state index in [9.17, 15) is 9.59 Å². The lowest BCUT2D eigenvalue weighted by Crippen LogP contribution is -2.16. The van der Waals surface area contributed by atoms with E-state index in [-0.39, 0.29) is 17.6 Å². The molecule has 1 aliphatic heterocycles. The first-order chi connectivity index (χ1) is 9.06. The molecule has 1 unspecified atom stereocenters. The Morgan fingerprint density at radius 1 is 1.42 bits per heavy atom. The third-order valence-electron chi connectivity index (χ3n) is 2.87. The number of thiazole rings is 1. The number of carbonyl (C=O) groups is 2. The number of pyridine rings is 1. The van der Waals surface area contributed by atoms with Gasteiger partial charge in [0.2, 0.25) is 0 Å². The van der Waals surface area contributed by atoms with Gasteiger partial charge in [-0.05, 0) is 19.1 Å². The summed E-state index contributed by atoms with van der Waals surface area (Å²) in [5.41, 5.74) is 1.82. The smallest absolute Gasteiger partial charge is 0.355 e. The van der Waals surface area contributed by atoms with Crippen molar-refractivity contribution in [1.29, 1.82) is 0 Å². The van der Waals surface area contributed by atoms with Crippen molar-refractivity contribution in [1.82, 2.24) is 15.3 Å². The monoisotopic (exact) mass is 275 g/mol. The molecule has 96 valence electrons. The second-order valence-corrected chi connectivity index (χ2v) is 5.03. The van der Waals surface area contributed by atoms with Gasteiger partial charge in [0.1, 0.15) is 5.01 Å². The number of hydrogen-bond acceptors (Lipinski definition) is 5. The van der Waals surface area contributed by atoms with E-state index in [4.69, 9.17) is 5.11 Å². The maximum absolute atomic E-state index is 11.6. The Bertz CT molecular complexity index is 695. The molecule has 0 fully saturated rings. The SMILES string of the molecule is CC1NC(=O)c2ccc(-c3nc(C(=O)O)cs3)nc21. The lowest BCUT2D eigenvalue weighted by Gasteiger charge is -2.03. The quantitative estimate of drug-likeness (QED) is 0.870. The molecule has 0 bridgehead atoms. The zero-order valence-corrected chi connectivity index (χ0v) is 10.7. The molecule has 3 rings (SSSR count). The summed E-state index contributed by atoms with van der Waals surface area (Å²) in [6.07, 6.45) is 0. The summed E-state index contributed by atoms with van der Waals surface area (Å²) in [5, 5.41) is 13.6. The van der Waals surface area contributed by atoms with Gasteiger partial charge in [0.25, 0.3) is 5.91 Å². The predicted octanol–water partition coefficient (Wildman–Crippen LogP) is 1.71. The van der Waals surface area contributed by atoms with Gasteiger partial charge in [-0.1, -0.05) is 0 Å². The molecule has 1 amide bonds. The molecule has 19 heavy (non-hydrogen) atoms. The summed E-state index contributed by atoms with van der Waals surface area (Å²) in [4.78, 5) is 30.8. The molecule has 3 heterocycles. The van der Waals surface area contributed by atoms with Gasteiger partial charge in [0, 0.05) is 5.38 Å². The van der Waals surface area contributed by atoms with Crippen LogP contribution in [0.3, 0.4) is 0 Å². The third-order valence-corrected chi connectivity index (χ3v) is 3.73. The Morgan fingerprint density at radius 2 is 2.21 bits per heavy atom. The van der Waals surface area contributed by atoms with E-state index in [1.165, 1.54) is 16.7 Å². The maximum Gasteiger partial charge on any atom is 0.355 e. The van der Waals surface area contributed by atoms with E-state index in [0.717, 1.165) is 0 Å². The van der Waals surface area contributed by atoms with Crippen LogP contribution < -0.4 is 5.32 Å². The predicted molar refractivity (Wildman–Crippen MR) is 68.2 cm³/mol. The first kappa shape index (κ1) is 11.8. The standard InChI is InChI=1S/C12H9N3O3S/c1-5-9-6(10(16)13-5)2-3-7(14-9)11-15-8(4-19-11)12(17)18/h2-5H,1H3,(H,13,16)(H,17,18). The van der Waals surface area contributed by atoms with Gasteiger partial charge in [-0.3, -0.25) is 4.79 Å². The molecule has 7 heteroatoms. The van der Waals surface area contributed by atoms with Crippen molar-refractivity contribution in [2.45, 2.75) is 13.0 Å². The summed E-state index contributed by atoms with van der Waals surface area (Å²) in [6.45, 7) is 1.85. The molecule has 0 spiro atoms. The van der Waals surface area contributed by atoms with Crippen LogP contribution in [0.1, 0.15) is 39.5 Å². The fourth-order valence-corrected chi connectivity index (χ4v) is 2.71. The molecule has 0 radical (unpaired) electrons. The second-order valence-electron chi connectivity index (χ2n) is 4.17. The number of carbonyl (C=O) groups excluding carboxylic acids is 1. The van der Waals surface area contributed by atoms with Crippen LogP contribution in [0.15, 0.2) is 17.5 Å². The number of fused-ring (bicyclic) bond motifs is 1. The van der Waals surface area contributed by atoms with E-state index in [0.29, 0.717) is 22.0 Å². The highest BCUT2D eigenvalue weighted by Crippen LogP contribution is 2.28. The first-order valence-corrected chi connectivity index (χ1v) is 6.45. The number of rotatable bonds is 2. The van der Waals surface area contributed by atoms with E-state index in [2.05, 4.69) is 15.3 Å². The van der Waals surface area contributed by atoms with Crippen LogP contribution in [-0.4, -0.2) is 27.0 Å². The highest BCUT2D eigenvalue weighted by molar-refractivity contribution is 7.13. The van der Waals surface area contributed by atoms with Gasteiger partial charge < -0.3 is 10.4 Å². The topological polar surface area (TPSA) is 92.2 Å². The number of nitrogens with zero attached hydrogens (tertiary/aromatic N) is 2. The van der Waals surface area contributed by atoms with Gasteiger partial charge in [-0.2, -0.15) is 0 Å². The van der Waals surface area contributed by atoms with Crippen molar-refractivity contribution >= 4 is 23.2 Å². The van der Waals surface area contributed by atoms with E-state index >= 15 is 0 Å². The number of aromatic carboxylic acids is 1. The van der Waals surface area contributed by atoms with Crippen LogP contribution in [0.5, 0.6) is 0 Å². The first-order valence-electron chi connectivity index (χ1n) is 5.57. The molecular formula is C12H9N3O3S. The van der Waals surface area contributed by atoms with Crippen molar-refractivity contribution in [2.24, 2.45) is 0 Å². The van der Waals surface area contributed by atoms with Crippen LogP contribution in [0.4, 0.5) is 0 Å². The largest absolute Gasteiger partial charge is 0.476 e. The van der Waals surface area contributed by atoms with Gasteiger partial charge in [0.05, 0.1) is 23.0 Å². The number of carboxylic acids is 1. The number of hydrogen-bond donors (Lipinski definition) is 2. The second kappa shape index (κ2) is 4.13. The molecule has 2 N–H and O–H groups in total. The van der Waals surface area contributed by atoms with Crippen molar-refractivity contribution in [3.05, 3.63) is 34.5 Å². The molecule has 0 aromatic carbocycles. The number of aromatic nitrogens is 2. The number of nitrogens with one attached hydrogen (secondary N) is 1. The normalized spacial score (nSPS) is 17.1. The van der Waals surface area contributed by atoms with Crippen molar-refractivity contribution in [3.8, 4) is 10.7 Å². The highest BCUT2D eigenvalue weighted by atomic mass is 32.1. The summed E-state index contributed by atoms with van der Waals surface area (Å²) >= 11 is 1.22. The van der Waals surface area contributed by atoms with E-state index in [1.54, 1.807) is 12.1 Å². The van der Waals surface area contributed by atoms with Gasteiger partial charge in [0.15, 0.2) is 5.69 Å². The number of carboxylic acid groups (broad SMARTS) is 1. The van der Waals surface area contributed by atoms with Gasteiger partial charge in [-0.25, -0.2) is 14.8 Å². The Labute approximate surface area is 112 Å². The Hall–Kier alpha value is -2.28. The van der Waals surface area contributed by atoms with Crippen LogP contribution in [0.25, 0.3) is 10.7 Å².